The van der Waals surface area contributed by atoms with E-state index < -0.39 is 0 Å². The molecule has 2 rings (SSSR count). The Hall–Kier alpha value is -0.960. The molecule has 9 heavy (non-hydrogen) atoms. The molecule has 46 valence electrons. The van der Waals surface area contributed by atoms with Crippen molar-refractivity contribution in [3.8, 4) is 0 Å². The third-order valence-electron chi connectivity index (χ3n) is 1.25. The van der Waals surface area contributed by atoms with Crippen molar-refractivity contribution in [1.29, 1.82) is 0 Å². The van der Waals surface area contributed by atoms with Gasteiger partial charge in [0.2, 0.25) is 0 Å². The number of hydrogen-bond donors (Lipinski definition) is 2. The van der Waals surface area contributed by atoms with Gasteiger partial charge in [-0.1, -0.05) is 0 Å². The molecule has 0 saturated heterocycles. The SMILES string of the molecule is Nc1cc2[nH]ccc2s1. The van der Waals surface area contributed by atoms with Crippen molar-refractivity contribution < 1.29 is 0 Å². The Bertz CT molecular complexity index is 292. The van der Waals surface area contributed by atoms with Gasteiger partial charge in [0, 0.05) is 6.20 Å². The van der Waals surface area contributed by atoms with Gasteiger partial charge >= 0.3 is 0 Å². The van der Waals surface area contributed by atoms with E-state index in [0.29, 0.717) is 0 Å². The highest BCUT2D eigenvalue weighted by atomic mass is 32.1. The number of H-pyrrole nitrogens is 1. The Balaban J connectivity index is 2.92. The van der Waals surface area contributed by atoms with Gasteiger partial charge in [0.15, 0.2) is 0 Å². The molecule has 0 amide bonds. The highest BCUT2D eigenvalue weighted by Crippen LogP contribution is 2.25. The largest absolute Gasteiger partial charge is 0.391 e. The van der Waals surface area contributed by atoms with E-state index in [2.05, 4.69) is 4.98 Å². The Labute approximate surface area is 56.3 Å². The van der Waals surface area contributed by atoms with Crippen molar-refractivity contribution >= 4 is 26.6 Å². The number of nitrogens with two attached hydrogens (primary N) is 1. The van der Waals surface area contributed by atoms with Crippen LogP contribution in [0.25, 0.3) is 10.2 Å². The summed E-state index contributed by atoms with van der Waals surface area (Å²) in [6, 6.07) is 3.97. The Morgan fingerprint density at radius 2 is 2.44 bits per heavy atom. The monoisotopic (exact) mass is 138 g/mol. The maximum atomic E-state index is 5.53. The lowest BCUT2D eigenvalue weighted by atomic mass is 10.5. The lowest BCUT2D eigenvalue weighted by Gasteiger charge is -1.72. The standard InChI is InChI=1S/C6H6N2S/c7-6-3-4-5(9-6)1-2-8-4/h1-3,8H,7H2. The molecule has 2 aromatic heterocycles. The van der Waals surface area contributed by atoms with E-state index in [-0.39, 0.29) is 0 Å². The predicted octanol–water partition coefficient (Wildman–Crippen LogP) is 1.81. The smallest absolute Gasteiger partial charge is 0.0884 e. The Morgan fingerprint density at radius 3 is 3.22 bits per heavy atom. The molecule has 2 nitrogen and oxygen atoms in total. The molecule has 0 bridgehead atoms. The summed E-state index contributed by atoms with van der Waals surface area (Å²) >= 11 is 1.61. The van der Waals surface area contributed by atoms with E-state index in [0.717, 1.165) is 10.5 Å². The first-order valence-corrected chi connectivity index (χ1v) is 3.50. The highest BCUT2D eigenvalue weighted by molar-refractivity contribution is 7.22. The molecule has 2 aromatic rings. The van der Waals surface area contributed by atoms with Crippen molar-refractivity contribution in [2.75, 3.05) is 5.73 Å². The summed E-state index contributed by atoms with van der Waals surface area (Å²) in [7, 11) is 0. The summed E-state index contributed by atoms with van der Waals surface area (Å²) in [5, 5.41) is 0.872. The number of aromatic amines is 1. The molecule has 0 saturated carbocycles. The number of fused-ring (bicyclic) bond motifs is 1. The topological polar surface area (TPSA) is 41.8 Å². The van der Waals surface area contributed by atoms with Gasteiger partial charge in [-0.2, -0.15) is 0 Å². The lowest BCUT2D eigenvalue weighted by molar-refractivity contribution is 1.48. The fourth-order valence-electron chi connectivity index (χ4n) is 0.869. The second-order valence-electron chi connectivity index (χ2n) is 1.90. The van der Waals surface area contributed by atoms with Crippen molar-refractivity contribution in [2.24, 2.45) is 0 Å². The average molecular weight is 138 g/mol. The lowest BCUT2D eigenvalue weighted by Crippen LogP contribution is -1.73. The molecule has 0 radical (unpaired) electrons. The summed E-state index contributed by atoms with van der Waals surface area (Å²) in [6.07, 6.45) is 1.92. The molecule has 0 atom stereocenters. The van der Waals surface area contributed by atoms with Gasteiger partial charge in [0.1, 0.15) is 0 Å². The van der Waals surface area contributed by atoms with Gasteiger partial charge in [0.05, 0.1) is 15.2 Å². The van der Waals surface area contributed by atoms with Gasteiger partial charge in [0.25, 0.3) is 0 Å². The van der Waals surface area contributed by atoms with Gasteiger partial charge in [-0.25, -0.2) is 0 Å². The van der Waals surface area contributed by atoms with E-state index in [1.807, 2.05) is 18.3 Å². The van der Waals surface area contributed by atoms with E-state index in [1.54, 1.807) is 11.3 Å². The van der Waals surface area contributed by atoms with Crippen molar-refractivity contribution in [2.45, 2.75) is 0 Å². The average Bonchev–Trinajstić information content (AvgIpc) is 2.22. The molecule has 0 fully saturated rings. The van der Waals surface area contributed by atoms with Gasteiger partial charge in [-0.05, 0) is 12.1 Å². The predicted molar refractivity (Wildman–Crippen MR) is 40.6 cm³/mol. The summed E-state index contributed by atoms with van der Waals surface area (Å²) in [4.78, 5) is 3.07. The fraction of sp³-hybridized carbons (Fsp3) is 0. The minimum absolute atomic E-state index is 0.872. The normalized spacial score (nSPS) is 10.7. The van der Waals surface area contributed by atoms with E-state index in [4.69, 9.17) is 5.73 Å². The number of aromatic nitrogens is 1. The molecular formula is C6H6N2S. The van der Waals surface area contributed by atoms with Gasteiger partial charge < -0.3 is 10.7 Å². The van der Waals surface area contributed by atoms with Crippen LogP contribution in [0.2, 0.25) is 0 Å². The maximum Gasteiger partial charge on any atom is 0.0884 e. The van der Waals surface area contributed by atoms with Crippen LogP contribution in [0.15, 0.2) is 18.3 Å². The molecule has 0 aromatic carbocycles. The second kappa shape index (κ2) is 1.51. The quantitative estimate of drug-likeness (QED) is 0.572. The zero-order chi connectivity index (χ0) is 6.27. The summed E-state index contributed by atoms with van der Waals surface area (Å²) < 4.78 is 1.23. The minimum Gasteiger partial charge on any atom is -0.391 e. The first-order chi connectivity index (χ1) is 4.36. The number of anilines is 1. The number of rotatable bonds is 0. The second-order valence-corrected chi connectivity index (χ2v) is 3.02. The summed E-state index contributed by atoms with van der Waals surface area (Å²) in [6.45, 7) is 0. The van der Waals surface area contributed by atoms with Crippen molar-refractivity contribution in [3.63, 3.8) is 0 Å². The van der Waals surface area contributed by atoms with Crippen LogP contribution < -0.4 is 5.73 Å². The van der Waals surface area contributed by atoms with Crippen molar-refractivity contribution in [3.05, 3.63) is 18.3 Å². The molecule has 0 unspecified atom stereocenters. The minimum atomic E-state index is 0.872. The maximum absolute atomic E-state index is 5.53. The van der Waals surface area contributed by atoms with E-state index >= 15 is 0 Å². The first-order valence-electron chi connectivity index (χ1n) is 2.68. The van der Waals surface area contributed by atoms with Crippen LogP contribution in [0.5, 0.6) is 0 Å². The Morgan fingerprint density at radius 1 is 1.56 bits per heavy atom. The Kier molecular flexibility index (Phi) is 0.818. The molecule has 0 aliphatic rings. The van der Waals surface area contributed by atoms with Crippen LogP contribution in [-0.4, -0.2) is 4.98 Å². The van der Waals surface area contributed by atoms with Crippen LogP contribution in [0.4, 0.5) is 5.00 Å². The van der Waals surface area contributed by atoms with Gasteiger partial charge in [-0.3, -0.25) is 0 Å². The highest BCUT2D eigenvalue weighted by Gasteiger charge is 1.96. The molecule has 3 heteroatoms. The third kappa shape index (κ3) is 0.616. The molecular weight excluding hydrogens is 132 g/mol. The molecule has 0 spiro atoms. The number of nitrogens with one attached hydrogen (secondary N) is 1. The fourth-order valence-corrected chi connectivity index (χ4v) is 1.66. The third-order valence-corrected chi connectivity index (χ3v) is 2.18. The molecule has 0 aliphatic heterocycles. The van der Waals surface area contributed by atoms with E-state index in [9.17, 15) is 0 Å². The van der Waals surface area contributed by atoms with Crippen LogP contribution in [0, 0.1) is 0 Å². The zero-order valence-electron chi connectivity index (χ0n) is 4.72. The number of nitrogen functional groups attached to an aromatic ring is 1. The number of hydrogen-bond acceptors (Lipinski definition) is 2. The molecule has 3 N–H and O–H groups in total. The first kappa shape index (κ1) is 4.88. The number of thiophene rings is 1. The molecule has 0 aliphatic carbocycles. The summed E-state index contributed by atoms with van der Waals surface area (Å²) in [5.41, 5.74) is 6.67. The van der Waals surface area contributed by atoms with Crippen LogP contribution >= 0.6 is 11.3 Å². The summed E-state index contributed by atoms with van der Waals surface area (Å²) in [5.74, 6) is 0. The zero-order valence-corrected chi connectivity index (χ0v) is 5.53. The van der Waals surface area contributed by atoms with E-state index in [1.165, 1.54) is 4.70 Å². The van der Waals surface area contributed by atoms with Gasteiger partial charge in [-0.15, -0.1) is 11.3 Å². The van der Waals surface area contributed by atoms with Crippen molar-refractivity contribution in [1.82, 2.24) is 4.98 Å². The van der Waals surface area contributed by atoms with Crippen LogP contribution in [0.1, 0.15) is 0 Å². The van der Waals surface area contributed by atoms with Crippen LogP contribution in [-0.2, 0) is 0 Å². The van der Waals surface area contributed by atoms with Crippen LogP contribution in [0.3, 0.4) is 0 Å². The molecule has 2 heterocycles.